The zero-order valence-corrected chi connectivity index (χ0v) is 16.1. The molecule has 2 amide bonds. The van der Waals surface area contributed by atoms with E-state index in [1.54, 1.807) is 20.8 Å². The van der Waals surface area contributed by atoms with Gasteiger partial charge >= 0.3 is 12.1 Å². The van der Waals surface area contributed by atoms with Gasteiger partial charge in [0.05, 0.1) is 12.5 Å². The summed E-state index contributed by atoms with van der Waals surface area (Å²) in [4.78, 5) is 36.5. The normalized spacial score (nSPS) is 25.4. The average molecular weight is 368 g/mol. The molecule has 1 saturated heterocycles. The van der Waals surface area contributed by atoms with E-state index in [4.69, 9.17) is 9.47 Å². The fourth-order valence-electron chi connectivity index (χ4n) is 3.39. The topological polar surface area (TPSA) is 93.7 Å². The van der Waals surface area contributed by atoms with Crippen molar-refractivity contribution in [2.45, 2.75) is 89.9 Å². The lowest BCUT2D eigenvalue weighted by Crippen LogP contribution is -2.47. The smallest absolute Gasteiger partial charge is 0.408 e. The summed E-state index contributed by atoms with van der Waals surface area (Å²) in [7, 11) is 0. The van der Waals surface area contributed by atoms with E-state index in [9.17, 15) is 14.4 Å². The van der Waals surface area contributed by atoms with Gasteiger partial charge in [-0.2, -0.15) is 0 Å². The van der Waals surface area contributed by atoms with E-state index in [2.05, 4.69) is 10.6 Å². The van der Waals surface area contributed by atoms with Crippen molar-refractivity contribution >= 4 is 18.0 Å². The number of ether oxygens (including phenoxy) is 2. The summed E-state index contributed by atoms with van der Waals surface area (Å²) in [6.07, 6.45) is 6.26. The number of carbonyl (C=O) groups excluding carboxylic acids is 3. The molecule has 0 radical (unpaired) electrons. The largest absolute Gasteiger partial charge is 0.460 e. The summed E-state index contributed by atoms with van der Waals surface area (Å²) in [5, 5.41) is 5.34. The second-order valence-corrected chi connectivity index (χ2v) is 8.27. The predicted molar refractivity (Wildman–Crippen MR) is 96.5 cm³/mol. The van der Waals surface area contributed by atoms with E-state index in [1.165, 1.54) is 12.8 Å². The van der Waals surface area contributed by atoms with Crippen molar-refractivity contribution < 1.29 is 23.9 Å². The van der Waals surface area contributed by atoms with Gasteiger partial charge in [0.25, 0.3) is 0 Å². The highest BCUT2D eigenvalue weighted by Gasteiger charge is 2.31. The Hall–Kier alpha value is -1.79. The van der Waals surface area contributed by atoms with Crippen molar-refractivity contribution in [3.8, 4) is 0 Å². The van der Waals surface area contributed by atoms with Gasteiger partial charge in [0.15, 0.2) is 0 Å². The maximum absolute atomic E-state index is 12.4. The van der Waals surface area contributed by atoms with Crippen molar-refractivity contribution in [3.63, 3.8) is 0 Å². The van der Waals surface area contributed by atoms with E-state index in [0.717, 1.165) is 25.7 Å². The molecule has 1 aliphatic carbocycles. The highest BCUT2D eigenvalue weighted by molar-refractivity contribution is 5.86. The molecule has 1 heterocycles. The van der Waals surface area contributed by atoms with Crippen LogP contribution in [0.25, 0.3) is 0 Å². The SMILES string of the molecule is CC(C)(C)OC(=O)N[C@H]1CC[C@@H](OC(=O)C2CCCCCC2)CNC1=O. The average Bonchev–Trinajstić information content (AvgIpc) is 2.90. The lowest BCUT2D eigenvalue weighted by Gasteiger charge is -2.22. The highest BCUT2D eigenvalue weighted by Crippen LogP contribution is 2.25. The molecule has 1 saturated carbocycles. The van der Waals surface area contributed by atoms with Crippen LogP contribution in [0.5, 0.6) is 0 Å². The van der Waals surface area contributed by atoms with Gasteiger partial charge in [0.1, 0.15) is 17.7 Å². The van der Waals surface area contributed by atoms with Crippen LogP contribution in [-0.2, 0) is 19.1 Å². The first kappa shape index (κ1) is 20.5. The van der Waals surface area contributed by atoms with Gasteiger partial charge in [0, 0.05) is 0 Å². The third-order valence-electron chi connectivity index (χ3n) is 4.76. The molecule has 26 heavy (non-hydrogen) atoms. The highest BCUT2D eigenvalue weighted by atomic mass is 16.6. The Balaban J connectivity index is 1.83. The molecule has 2 aliphatic rings. The van der Waals surface area contributed by atoms with Crippen molar-refractivity contribution in [2.24, 2.45) is 5.92 Å². The molecule has 2 atom stereocenters. The maximum Gasteiger partial charge on any atom is 0.408 e. The minimum Gasteiger partial charge on any atom is -0.460 e. The molecule has 0 aromatic carbocycles. The quantitative estimate of drug-likeness (QED) is 0.590. The van der Waals surface area contributed by atoms with Crippen LogP contribution in [0.1, 0.15) is 72.1 Å². The third-order valence-corrected chi connectivity index (χ3v) is 4.76. The van der Waals surface area contributed by atoms with Gasteiger partial charge < -0.3 is 20.1 Å². The predicted octanol–water partition coefficient (Wildman–Crippen LogP) is 2.67. The van der Waals surface area contributed by atoms with Crippen molar-refractivity contribution in [3.05, 3.63) is 0 Å². The Morgan fingerprint density at radius 3 is 2.31 bits per heavy atom. The summed E-state index contributed by atoms with van der Waals surface area (Å²) in [5.74, 6) is -0.444. The number of carbonyl (C=O) groups is 3. The fraction of sp³-hybridized carbons (Fsp3) is 0.842. The molecule has 1 aliphatic heterocycles. The first-order valence-electron chi connectivity index (χ1n) is 9.72. The Labute approximate surface area is 155 Å². The molecule has 0 aromatic heterocycles. The summed E-state index contributed by atoms with van der Waals surface area (Å²) < 4.78 is 10.8. The summed E-state index contributed by atoms with van der Waals surface area (Å²) in [5.41, 5.74) is -0.623. The van der Waals surface area contributed by atoms with Crippen LogP contribution in [0.15, 0.2) is 0 Å². The molecular formula is C19H32N2O5. The number of nitrogens with one attached hydrogen (secondary N) is 2. The van der Waals surface area contributed by atoms with Crippen LogP contribution in [-0.4, -0.2) is 42.3 Å². The summed E-state index contributed by atoms with van der Waals surface area (Å²) in [6, 6.07) is -0.675. The fourth-order valence-corrected chi connectivity index (χ4v) is 3.39. The molecule has 0 unspecified atom stereocenters. The molecule has 0 bridgehead atoms. The van der Waals surface area contributed by atoms with Gasteiger partial charge in [-0.05, 0) is 46.5 Å². The maximum atomic E-state index is 12.4. The number of alkyl carbamates (subject to hydrolysis) is 1. The van der Waals surface area contributed by atoms with Crippen molar-refractivity contribution in [2.75, 3.05) is 6.54 Å². The first-order valence-corrected chi connectivity index (χ1v) is 9.72. The zero-order valence-electron chi connectivity index (χ0n) is 16.1. The van der Waals surface area contributed by atoms with Crippen LogP contribution in [0, 0.1) is 5.92 Å². The van der Waals surface area contributed by atoms with E-state index in [0.29, 0.717) is 12.8 Å². The molecule has 2 rings (SSSR count). The van der Waals surface area contributed by atoms with Gasteiger partial charge in [-0.15, -0.1) is 0 Å². The zero-order chi connectivity index (χ0) is 19.2. The molecule has 2 fully saturated rings. The van der Waals surface area contributed by atoms with E-state index >= 15 is 0 Å². The van der Waals surface area contributed by atoms with Crippen molar-refractivity contribution in [1.82, 2.24) is 10.6 Å². The molecular weight excluding hydrogens is 336 g/mol. The van der Waals surface area contributed by atoms with Crippen LogP contribution >= 0.6 is 0 Å². The number of rotatable bonds is 3. The minimum atomic E-state index is -0.675. The summed E-state index contributed by atoms with van der Waals surface area (Å²) in [6.45, 7) is 5.58. The lowest BCUT2D eigenvalue weighted by atomic mass is 10.0. The van der Waals surface area contributed by atoms with Crippen molar-refractivity contribution in [1.29, 1.82) is 0 Å². The summed E-state index contributed by atoms with van der Waals surface area (Å²) >= 11 is 0. The Morgan fingerprint density at radius 1 is 1.04 bits per heavy atom. The number of esters is 1. The molecule has 7 heteroatoms. The third kappa shape index (κ3) is 6.84. The Bertz CT molecular complexity index is 507. The Kier molecular flexibility index (Phi) is 7.29. The lowest BCUT2D eigenvalue weighted by molar-refractivity contribution is -0.154. The molecule has 0 aromatic rings. The number of hydrogen-bond donors (Lipinski definition) is 2. The monoisotopic (exact) mass is 368 g/mol. The van der Waals surface area contributed by atoms with Gasteiger partial charge in [-0.3, -0.25) is 9.59 Å². The van der Waals surface area contributed by atoms with Crippen LogP contribution in [0.4, 0.5) is 4.79 Å². The number of hydrogen-bond acceptors (Lipinski definition) is 5. The molecule has 148 valence electrons. The van der Waals surface area contributed by atoms with Gasteiger partial charge in [-0.25, -0.2) is 4.79 Å². The van der Waals surface area contributed by atoms with E-state index < -0.39 is 17.7 Å². The van der Waals surface area contributed by atoms with Gasteiger partial charge in [-0.1, -0.05) is 25.7 Å². The first-order chi connectivity index (χ1) is 12.2. The van der Waals surface area contributed by atoms with E-state index in [-0.39, 0.29) is 30.4 Å². The second-order valence-electron chi connectivity index (χ2n) is 8.27. The van der Waals surface area contributed by atoms with Crippen LogP contribution in [0.3, 0.4) is 0 Å². The molecule has 2 N–H and O–H groups in total. The molecule has 7 nitrogen and oxygen atoms in total. The number of amides is 2. The minimum absolute atomic E-state index is 0.0212. The Morgan fingerprint density at radius 2 is 1.69 bits per heavy atom. The van der Waals surface area contributed by atoms with E-state index in [1.807, 2.05) is 0 Å². The second kappa shape index (κ2) is 9.24. The van der Waals surface area contributed by atoms with Gasteiger partial charge in [0.2, 0.25) is 5.91 Å². The van der Waals surface area contributed by atoms with Crippen LogP contribution in [0.2, 0.25) is 0 Å². The molecule has 0 spiro atoms. The standard InChI is InChI=1S/C19H32N2O5/c1-19(2,3)26-18(24)21-15-11-10-14(12-20-16(15)22)25-17(23)13-8-6-4-5-7-9-13/h13-15H,4-12H2,1-3H3,(H,20,22)(H,21,24)/t14-,15+/m1/s1. The van der Waals surface area contributed by atoms with Crippen LogP contribution < -0.4 is 10.6 Å².